The molecule has 0 aromatic heterocycles. The van der Waals surface area contributed by atoms with Crippen molar-refractivity contribution in [1.29, 1.82) is 0 Å². The number of carbonyl (C=O) groups is 1. The molecule has 0 radical (unpaired) electrons. The van der Waals surface area contributed by atoms with E-state index in [0.717, 1.165) is 16.9 Å². The zero-order valence-electron chi connectivity index (χ0n) is 8.33. The zero-order valence-corrected chi connectivity index (χ0v) is 8.33. The molecule has 2 nitrogen and oxygen atoms in total. The highest BCUT2D eigenvalue weighted by atomic mass is 16.5. The summed E-state index contributed by atoms with van der Waals surface area (Å²) in [4.78, 5) is 11.1. The molecule has 0 saturated heterocycles. The quantitative estimate of drug-likeness (QED) is 0.676. The van der Waals surface area contributed by atoms with Gasteiger partial charge < -0.3 is 4.74 Å². The van der Waals surface area contributed by atoms with Crippen molar-refractivity contribution in [3.63, 3.8) is 0 Å². The number of hydrogen-bond donors (Lipinski definition) is 0. The van der Waals surface area contributed by atoms with Crippen LogP contribution in [0.15, 0.2) is 30.0 Å². The minimum atomic E-state index is 0.0807. The number of fused-ring (bicyclic) bond motifs is 1. The maximum Gasteiger partial charge on any atom is 0.159 e. The molecule has 0 saturated carbocycles. The number of ketones is 1. The van der Waals surface area contributed by atoms with E-state index in [1.54, 1.807) is 13.2 Å². The third-order valence-corrected chi connectivity index (χ3v) is 2.38. The number of carbonyl (C=O) groups excluding carboxylic acids is 1. The Labute approximate surface area is 83.2 Å². The van der Waals surface area contributed by atoms with E-state index >= 15 is 0 Å². The molecule has 1 aromatic rings. The maximum absolute atomic E-state index is 11.1. The van der Waals surface area contributed by atoms with Gasteiger partial charge >= 0.3 is 0 Å². The van der Waals surface area contributed by atoms with Crippen LogP contribution in [0.4, 0.5) is 0 Å². The van der Waals surface area contributed by atoms with Gasteiger partial charge in [0.2, 0.25) is 0 Å². The van der Waals surface area contributed by atoms with Gasteiger partial charge in [0, 0.05) is 12.0 Å². The lowest BCUT2D eigenvalue weighted by atomic mass is 9.99. The van der Waals surface area contributed by atoms with Gasteiger partial charge in [0.05, 0.1) is 6.26 Å². The Morgan fingerprint density at radius 1 is 1.43 bits per heavy atom. The van der Waals surface area contributed by atoms with Crippen molar-refractivity contribution in [1.82, 2.24) is 0 Å². The number of hydrogen-bond acceptors (Lipinski definition) is 2. The highest BCUT2D eigenvalue weighted by Crippen LogP contribution is 2.27. The van der Waals surface area contributed by atoms with E-state index < -0.39 is 0 Å². The Kier molecular flexibility index (Phi) is 2.12. The fraction of sp³-hybridized carbons (Fsp3) is 0.250. The predicted molar refractivity (Wildman–Crippen MR) is 54.3 cm³/mol. The number of rotatable bonds is 1. The van der Waals surface area contributed by atoms with Gasteiger partial charge in [0.1, 0.15) is 5.75 Å². The van der Waals surface area contributed by atoms with Crippen molar-refractivity contribution in [3.05, 3.63) is 41.2 Å². The summed E-state index contributed by atoms with van der Waals surface area (Å²) in [7, 11) is 0. The molecule has 1 aromatic carbocycles. The van der Waals surface area contributed by atoms with Crippen molar-refractivity contribution in [2.24, 2.45) is 0 Å². The monoisotopic (exact) mass is 188 g/mol. The molecular formula is C12H12O2. The summed E-state index contributed by atoms with van der Waals surface area (Å²) in [5.41, 5.74) is 3.03. The molecule has 0 N–H and O–H groups in total. The first kappa shape index (κ1) is 9.00. The largest absolute Gasteiger partial charge is 0.464 e. The van der Waals surface area contributed by atoms with Gasteiger partial charge in [-0.25, -0.2) is 0 Å². The van der Waals surface area contributed by atoms with E-state index in [1.165, 1.54) is 5.56 Å². The molecular weight excluding hydrogens is 176 g/mol. The van der Waals surface area contributed by atoms with E-state index in [9.17, 15) is 4.79 Å². The van der Waals surface area contributed by atoms with Crippen LogP contribution >= 0.6 is 0 Å². The van der Waals surface area contributed by atoms with Gasteiger partial charge in [0.15, 0.2) is 5.78 Å². The molecule has 72 valence electrons. The van der Waals surface area contributed by atoms with Crippen LogP contribution in [0.5, 0.6) is 5.75 Å². The lowest BCUT2D eigenvalue weighted by molar-refractivity contribution is -0.113. The SMILES string of the molecule is CC(=O)C1=COc2ccc(C)cc2C1. The van der Waals surface area contributed by atoms with Crippen LogP contribution in [0.3, 0.4) is 0 Å². The number of aryl methyl sites for hydroxylation is 1. The fourth-order valence-electron chi connectivity index (χ4n) is 1.55. The second kappa shape index (κ2) is 3.29. The normalized spacial score (nSPS) is 14.0. The molecule has 1 aliphatic heterocycles. The summed E-state index contributed by atoms with van der Waals surface area (Å²) in [5.74, 6) is 0.942. The number of allylic oxidation sites excluding steroid dienone is 1. The van der Waals surface area contributed by atoms with Crippen molar-refractivity contribution < 1.29 is 9.53 Å². The summed E-state index contributed by atoms with van der Waals surface area (Å²) in [5, 5.41) is 0. The Bertz CT molecular complexity index is 416. The third kappa shape index (κ3) is 1.55. The minimum Gasteiger partial charge on any atom is -0.464 e. The molecule has 2 heteroatoms. The molecule has 0 bridgehead atoms. The Balaban J connectivity index is 2.35. The van der Waals surface area contributed by atoms with Gasteiger partial charge in [-0.2, -0.15) is 0 Å². The van der Waals surface area contributed by atoms with E-state index in [-0.39, 0.29) is 5.78 Å². The fourth-order valence-corrected chi connectivity index (χ4v) is 1.55. The van der Waals surface area contributed by atoms with Crippen LogP contribution in [0, 0.1) is 6.92 Å². The van der Waals surface area contributed by atoms with Crippen LogP contribution in [-0.4, -0.2) is 5.78 Å². The van der Waals surface area contributed by atoms with Gasteiger partial charge in [0.25, 0.3) is 0 Å². The number of Topliss-reactive ketones (excluding diaryl/α,β-unsaturated/α-hetero) is 1. The van der Waals surface area contributed by atoms with Gasteiger partial charge in [-0.3, -0.25) is 4.79 Å². The number of ether oxygens (including phenoxy) is 1. The number of benzene rings is 1. The molecule has 1 heterocycles. The summed E-state index contributed by atoms with van der Waals surface area (Å²) in [6.07, 6.45) is 2.24. The average Bonchev–Trinajstić information content (AvgIpc) is 2.16. The molecule has 0 fully saturated rings. The Morgan fingerprint density at radius 3 is 2.93 bits per heavy atom. The lowest BCUT2D eigenvalue weighted by Gasteiger charge is -2.15. The molecule has 14 heavy (non-hydrogen) atoms. The van der Waals surface area contributed by atoms with Crippen molar-refractivity contribution in [2.45, 2.75) is 20.3 Å². The van der Waals surface area contributed by atoms with Gasteiger partial charge in [-0.05, 0) is 25.5 Å². The van der Waals surface area contributed by atoms with Crippen LogP contribution in [-0.2, 0) is 11.2 Å². The molecule has 0 atom stereocenters. The summed E-state index contributed by atoms with van der Waals surface area (Å²) >= 11 is 0. The highest BCUT2D eigenvalue weighted by Gasteiger charge is 2.15. The minimum absolute atomic E-state index is 0.0807. The van der Waals surface area contributed by atoms with Crippen LogP contribution in [0.2, 0.25) is 0 Å². The zero-order chi connectivity index (χ0) is 10.1. The first-order valence-corrected chi connectivity index (χ1v) is 4.63. The second-order valence-corrected chi connectivity index (χ2v) is 3.61. The molecule has 0 aliphatic carbocycles. The highest BCUT2D eigenvalue weighted by molar-refractivity contribution is 5.93. The van der Waals surface area contributed by atoms with Crippen molar-refractivity contribution >= 4 is 5.78 Å². The lowest BCUT2D eigenvalue weighted by Crippen LogP contribution is -2.08. The predicted octanol–water partition coefficient (Wildman–Crippen LogP) is 2.40. The van der Waals surface area contributed by atoms with Crippen LogP contribution in [0.25, 0.3) is 0 Å². The smallest absolute Gasteiger partial charge is 0.159 e. The average molecular weight is 188 g/mol. The van der Waals surface area contributed by atoms with Gasteiger partial charge in [-0.15, -0.1) is 0 Å². The van der Waals surface area contributed by atoms with Gasteiger partial charge in [-0.1, -0.05) is 17.7 Å². The van der Waals surface area contributed by atoms with E-state index in [2.05, 4.69) is 6.07 Å². The molecule has 0 spiro atoms. The summed E-state index contributed by atoms with van der Waals surface area (Å²) in [6.45, 7) is 3.60. The Morgan fingerprint density at radius 2 is 2.21 bits per heavy atom. The molecule has 0 amide bonds. The van der Waals surface area contributed by atoms with E-state index in [1.807, 2.05) is 19.1 Å². The molecule has 1 aliphatic rings. The summed E-state index contributed by atoms with van der Waals surface area (Å²) < 4.78 is 5.37. The van der Waals surface area contributed by atoms with Crippen LogP contribution in [0.1, 0.15) is 18.1 Å². The third-order valence-electron chi connectivity index (χ3n) is 2.38. The molecule has 0 unspecified atom stereocenters. The van der Waals surface area contributed by atoms with Crippen LogP contribution < -0.4 is 4.74 Å². The van der Waals surface area contributed by atoms with Crippen molar-refractivity contribution in [3.8, 4) is 5.75 Å². The topological polar surface area (TPSA) is 26.3 Å². The summed E-state index contributed by atoms with van der Waals surface area (Å²) in [6, 6.07) is 6.01. The first-order valence-electron chi connectivity index (χ1n) is 4.63. The van der Waals surface area contributed by atoms with Crippen molar-refractivity contribution in [2.75, 3.05) is 0 Å². The molecule has 2 rings (SSSR count). The van der Waals surface area contributed by atoms with E-state index in [0.29, 0.717) is 6.42 Å². The standard InChI is InChI=1S/C12H12O2/c1-8-3-4-12-10(5-8)6-11(7-14-12)9(2)13/h3-5,7H,6H2,1-2H3. The Hall–Kier alpha value is -1.57. The maximum atomic E-state index is 11.1. The second-order valence-electron chi connectivity index (χ2n) is 3.61. The van der Waals surface area contributed by atoms with E-state index in [4.69, 9.17) is 4.74 Å². The first-order chi connectivity index (χ1) is 6.66.